The van der Waals surface area contributed by atoms with Crippen LogP contribution >= 0.6 is 0 Å². The topological polar surface area (TPSA) is 35.5 Å². The quantitative estimate of drug-likeness (QED) is 0.694. The van der Waals surface area contributed by atoms with Crippen molar-refractivity contribution in [2.24, 2.45) is 11.8 Å². The normalized spacial score (nSPS) is 31.1. The van der Waals surface area contributed by atoms with Crippen LogP contribution in [-0.2, 0) is 14.3 Å². The zero-order valence-corrected chi connectivity index (χ0v) is 10.5. The van der Waals surface area contributed by atoms with Gasteiger partial charge in [0.2, 0.25) is 0 Å². The van der Waals surface area contributed by atoms with Crippen LogP contribution in [0, 0.1) is 11.8 Å². The molecule has 3 heteroatoms. The maximum atomic E-state index is 11.2. The molecule has 0 aromatic heterocycles. The molecule has 0 radical (unpaired) electrons. The number of esters is 1. The lowest BCUT2D eigenvalue weighted by Gasteiger charge is -2.19. The van der Waals surface area contributed by atoms with E-state index in [9.17, 15) is 4.79 Å². The summed E-state index contributed by atoms with van der Waals surface area (Å²) in [6.45, 7) is 5.32. The number of cyclic esters (lactones) is 1. The van der Waals surface area contributed by atoms with Gasteiger partial charge < -0.3 is 9.47 Å². The van der Waals surface area contributed by atoms with E-state index >= 15 is 0 Å². The number of allylic oxidation sites excluding steroid dienone is 1. The SMILES string of the molecule is C=C1CCC(CC2CCOC(=O)CC2)CCO1. The standard InChI is InChI=1S/C14H22O3/c1-11-2-3-12(6-8-16-11)10-13-4-5-14(15)17-9-7-13/h12-13H,1-10H2. The Hall–Kier alpha value is -0.990. The summed E-state index contributed by atoms with van der Waals surface area (Å²) in [7, 11) is 0. The average molecular weight is 238 g/mol. The van der Waals surface area contributed by atoms with Crippen LogP contribution in [0.3, 0.4) is 0 Å². The molecule has 0 spiro atoms. The summed E-state index contributed by atoms with van der Waals surface area (Å²) in [5.74, 6) is 2.29. The maximum Gasteiger partial charge on any atom is 0.305 e. The molecule has 96 valence electrons. The fourth-order valence-corrected chi connectivity index (χ4v) is 2.77. The van der Waals surface area contributed by atoms with E-state index < -0.39 is 0 Å². The molecule has 0 amide bonds. The summed E-state index contributed by atoms with van der Waals surface area (Å²) >= 11 is 0. The third-order valence-electron chi connectivity index (χ3n) is 3.88. The van der Waals surface area contributed by atoms with Crippen molar-refractivity contribution in [1.29, 1.82) is 0 Å². The van der Waals surface area contributed by atoms with Gasteiger partial charge in [0.1, 0.15) is 0 Å². The number of carbonyl (C=O) groups excluding carboxylic acids is 1. The molecule has 2 aliphatic heterocycles. The summed E-state index contributed by atoms with van der Waals surface area (Å²) in [6.07, 6.45) is 7.15. The lowest BCUT2D eigenvalue weighted by atomic mass is 9.85. The monoisotopic (exact) mass is 238 g/mol. The van der Waals surface area contributed by atoms with Gasteiger partial charge in [0, 0.05) is 12.8 Å². The first-order chi connectivity index (χ1) is 8.24. The van der Waals surface area contributed by atoms with E-state index in [1.165, 1.54) is 12.8 Å². The van der Waals surface area contributed by atoms with Crippen molar-refractivity contribution in [3.8, 4) is 0 Å². The molecule has 2 aliphatic rings. The molecule has 2 unspecified atom stereocenters. The van der Waals surface area contributed by atoms with Crippen molar-refractivity contribution in [1.82, 2.24) is 0 Å². The van der Waals surface area contributed by atoms with Crippen molar-refractivity contribution >= 4 is 5.97 Å². The van der Waals surface area contributed by atoms with Gasteiger partial charge >= 0.3 is 5.97 Å². The molecular formula is C14H22O3. The van der Waals surface area contributed by atoms with Crippen molar-refractivity contribution in [3.05, 3.63) is 12.3 Å². The molecule has 2 rings (SSSR count). The van der Waals surface area contributed by atoms with E-state index in [0.29, 0.717) is 18.9 Å². The summed E-state index contributed by atoms with van der Waals surface area (Å²) in [6, 6.07) is 0. The third kappa shape index (κ3) is 4.06. The molecular weight excluding hydrogens is 216 g/mol. The number of hydrogen-bond donors (Lipinski definition) is 0. The van der Waals surface area contributed by atoms with Crippen LogP contribution in [-0.4, -0.2) is 19.2 Å². The number of carbonyl (C=O) groups is 1. The van der Waals surface area contributed by atoms with Crippen molar-refractivity contribution < 1.29 is 14.3 Å². The van der Waals surface area contributed by atoms with Crippen LogP contribution in [0.5, 0.6) is 0 Å². The van der Waals surface area contributed by atoms with E-state index in [1.54, 1.807) is 0 Å². The Balaban J connectivity index is 1.79. The van der Waals surface area contributed by atoms with Crippen LogP contribution in [0.25, 0.3) is 0 Å². The minimum Gasteiger partial charge on any atom is -0.499 e. The van der Waals surface area contributed by atoms with Gasteiger partial charge in [-0.05, 0) is 43.9 Å². The zero-order chi connectivity index (χ0) is 12.1. The molecule has 17 heavy (non-hydrogen) atoms. The average Bonchev–Trinajstić information content (AvgIpc) is 2.62. The summed E-state index contributed by atoms with van der Waals surface area (Å²) < 4.78 is 10.6. The van der Waals surface area contributed by atoms with E-state index in [1.807, 2.05) is 0 Å². The highest BCUT2D eigenvalue weighted by molar-refractivity contribution is 5.69. The van der Waals surface area contributed by atoms with Crippen LogP contribution in [0.2, 0.25) is 0 Å². The second-order valence-corrected chi connectivity index (χ2v) is 5.23. The van der Waals surface area contributed by atoms with Gasteiger partial charge in [-0.2, -0.15) is 0 Å². The molecule has 0 saturated carbocycles. The van der Waals surface area contributed by atoms with E-state index in [2.05, 4.69) is 6.58 Å². The number of rotatable bonds is 2. The van der Waals surface area contributed by atoms with Crippen LogP contribution in [0.4, 0.5) is 0 Å². The predicted molar refractivity (Wildman–Crippen MR) is 65.4 cm³/mol. The van der Waals surface area contributed by atoms with Gasteiger partial charge in [0.25, 0.3) is 0 Å². The van der Waals surface area contributed by atoms with Crippen molar-refractivity contribution in [2.45, 2.75) is 44.9 Å². The Morgan fingerprint density at radius 1 is 1.00 bits per heavy atom. The molecule has 2 heterocycles. The van der Waals surface area contributed by atoms with E-state index in [0.717, 1.165) is 44.0 Å². The van der Waals surface area contributed by atoms with Gasteiger partial charge in [-0.15, -0.1) is 0 Å². The Labute approximate surface area is 103 Å². The lowest BCUT2D eigenvalue weighted by molar-refractivity contribution is -0.142. The molecule has 2 saturated heterocycles. The highest BCUT2D eigenvalue weighted by Gasteiger charge is 2.22. The summed E-state index contributed by atoms with van der Waals surface area (Å²) in [5, 5.41) is 0. The molecule has 2 atom stereocenters. The smallest absolute Gasteiger partial charge is 0.305 e. The highest BCUT2D eigenvalue weighted by atomic mass is 16.5. The minimum absolute atomic E-state index is 0.0231. The van der Waals surface area contributed by atoms with E-state index in [4.69, 9.17) is 9.47 Å². The molecule has 2 fully saturated rings. The first-order valence-electron chi connectivity index (χ1n) is 6.70. The van der Waals surface area contributed by atoms with Crippen molar-refractivity contribution in [3.63, 3.8) is 0 Å². The fraction of sp³-hybridized carbons (Fsp3) is 0.786. The molecule has 0 bridgehead atoms. The zero-order valence-electron chi connectivity index (χ0n) is 10.5. The highest BCUT2D eigenvalue weighted by Crippen LogP contribution is 2.30. The molecule has 3 nitrogen and oxygen atoms in total. The third-order valence-corrected chi connectivity index (χ3v) is 3.88. The van der Waals surface area contributed by atoms with Gasteiger partial charge in [-0.1, -0.05) is 6.58 Å². The second-order valence-electron chi connectivity index (χ2n) is 5.23. The first kappa shape index (κ1) is 12.5. The number of hydrogen-bond acceptors (Lipinski definition) is 3. The summed E-state index contributed by atoms with van der Waals surface area (Å²) in [4.78, 5) is 11.2. The van der Waals surface area contributed by atoms with Crippen LogP contribution in [0.1, 0.15) is 44.9 Å². The number of ether oxygens (including phenoxy) is 2. The van der Waals surface area contributed by atoms with Crippen LogP contribution < -0.4 is 0 Å². The van der Waals surface area contributed by atoms with Gasteiger partial charge in [0.05, 0.1) is 19.0 Å². The van der Waals surface area contributed by atoms with Crippen molar-refractivity contribution in [2.75, 3.05) is 13.2 Å². The molecule has 0 N–H and O–H groups in total. The first-order valence-corrected chi connectivity index (χ1v) is 6.70. The molecule has 0 aliphatic carbocycles. The lowest BCUT2D eigenvalue weighted by Crippen LogP contribution is -2.10. The summed E-state index contributed by atoms with van der Waals surface area (Å²) in [5.41, 5.74) is 0. The largest absolute Gasteiger partial charge is 0.499 e. The fourth-order valence-electron chi connectivity index (χ4n) is 2.77. The minimum atomic E-state index is -0.0231. The Kier molecular flexibility index (Phi) is 4.46. The van der Waals surface area contributed by atoms with E-state index in [-0.39, 0.29) is 5.97 Å². The van der Waals surface area contributed by atoms with Gasteiger partial charge in [0.15, 0.2) is 0 Å². The Bertz CT molecular complexity index is 257. The molecule has 0 aromatic rings. The predicted octanol–water partition coefficient (Wildman–Crippen LogP) is 3.05. The molecule has 0 aromatic carbocycles. The maximum absolute atomic E-state index is 11.2. The van der Waals surface area contributed by atoms with Gasteiger partial charge in [-0.25, -0.2) is 0 Å². The van der Waals surface area contributed by atoms with Gasteiger partial charge in [-0.3, -0.25) is 4.79 Å². The Morgan fingerprint density at radius 3 is 2.41 bits per heavy atom. The van der Waals surface area contributed by atoms with Crippen LogP contribution in [0.15, 0.2) is 12.3 Å². The Morgan fingerprint density at radius 2 is 1.65 bits per heavy atom. The second kappa shape index (κ2) is 6.08.